The van der Waals surface area contributed by atoms with E-state index in [1.807, 2.05) is 0 Å². The van der Waals surface area contributed by atoms with E-state index < -0.39 is 10.1 Å². The molecule has 0 unspecified atom stereocenters. The van der Waals surface area contributed by atoms with Crippen LogP contribution in [0.15, 0.2) is 0 Å². The summed E-state index contributed by atoms with van der Waals surface area (Å²) in [5, 5.41) is 0. The van der Waals surface area contributed by atoms with Gasteiger partial charge in [-0.1, -0.05) is 13.3 Å². The molecule has 0 aromatic heterocycles. The molecule has 0 saturated heterocycles. The van der Waals surface area contributed by atoms with E-state index in [4.69, 9.17) is 14.0 Å². The standard InChI is InChI=1S/C16H35NO5S/c1-4-7-12-21-14-15-22-13-11-17(5-2,6-3)10-8-9-16-23(18,19)20/h4-16H2,1-3H3/p+1. The Morgan fingerprint density at radius 2 is 1.43 bits per heavy atom. The monoisotopic (exact) mass is 354 g/mol. The first kappa shape index (κ1) is 22.8. The van der Waals surface area contributed by atoms with Gasteiger partial charge in [0, 0.05) is 6.61 Å². The maximum Gasteiger partial charge on any atom is 0.264 e. The molecule has 0 radical (unpaired) electrons. The maximum absolute atomic E-state index is 10.8. The van der Waals surface area contributed by atoms with Crippen molar-refractivity contribution in [2.45, 2.75) is 46.5 Å². The van der Waals surface area contributed by atoms with Gasteiger partial charge in [-0.25, -0.2) is 0 Å². The van der Waals surface area contributed by atoms with Gasteiger partial charge in [0.25, 0.3) is 10.1 Å². The van der Waals surface area contributed by atoms with E-state index in [-0.39, 0.29) is 5.75 Å². The lowest BCUT2D eigenvalue weighted by Gasteiger charge is -2.37. The molecule has 0 heterocycles. The maximum atomic E-state index is 10.8. The van der Waals surface area contributed by atoms with Crippen molar-refractivity contribution in [1.29, 1.82) is 0 Å². The minimum absolute atomic E-state index is 0.147. The van der Waals surface area contributed by atoms with Crippen LogP contribution in [0, 0.1) is 0 Å². The molecule has 0 fully saturated rings. The van der Waals surface area contributed by atoms with Gasteiger partial charge in [-0.05, 0) is 33.1 Å². The molecule has 7 heteroatoms. The van der Waals surface area contributed by atoms with Gasteiger partial charge in [-0.2, -0.15) is 8.42 Å². The molecule has 1 N–H and O–H groups in total. The SMILES string of the molecule is CCCCOCCOCC[N+](CC)(CC)CCCCS(=O)(=O)O. The molecular formula is C16H36NO5S+. The lowest BCUT2D eigenvalue weighted by atomic mass is 10.2. The highest BCUT2D eigenvalue weighted by atomic mass is 32.2. The normalized spacial score (nSPS) is 12.7. The highest BCUT2D eigenvalue weighted by Gasteiger charge is 2.22. The highest BCUT2D eigenvalue weighted by molar-refractivity contribution is 7.85. The van der Waals surface area contributed by atoms with Crippen molar-refractivity contribution < 1.29 is 26.9 Å². The van der Waals surface area contributed by atoms with Crippen LogP contribution in [0.1, 0.15) is 46.5 Å². The summed E-state index contributed by atoms with van der Waals surface area (Å²) in [4.78, 5) is 0. The summed E-state index contributed by atoms with van der Waals surface area (Å²) in [7, 11) is -3.83. The molecule has 0 amide bonds. The van der Waals surface area contributed by atoms with Crippen molar-refractivity contribution in [3.8, 4) is 0 Å². The van der Waals surface area contributed by atoms with Crippen molar-refractivity contribution >= 4 is 10.1 Å². The molecule has 140 valence electrons. The largest absolute Gasteiger partial charge is 0.379 e. The number of hydrogen-bond acceptors (Lipinski definition) is 4. The second-order valence-corrected chi connectivity index (χ2v) is 7.56. The summed E-state index contributed by atoms with van der Waals surface area (Å²) in [6, 6.07) is 0. The third-order valence-corrected chi connectivity index (χ3v) is 5.16. The summed E-state index contributed by atoms with van der Waals surface area (Å²) in [6.07, 6.45) is 3.53. The van der Waals surface area contributed by atoms with E-state index in [0.717, 1.165) is 56.5 Å². The van der Waals surface area contributed by atoms with Gasteiger partial charge in [0.15, 0.2) is 0 Å². The Hall–Kier alpha value is -0.210. The summed E-state index contributed by atoms with van der Waals surface area (Å²) >= 11 is 0. The number of nitrogens with zero attached hydrogens (tertiary/aromatic N) is 1. The number of unbranched alkanes of at least 4 members (excludes halogenated alkanes) is 2. The third-order valence-electron chi connectivity index (χ3n) is 4.35. The van der Waals surface area contributed by atoms with Crippen molar-refractivity contribution in [2.75, 3.05) is 58.4 Å². The zero-order valence-corrected chi connectivity index (χ0v) is 15.9. The molecule has 23 heavy (non-hydrogen) atoms. The number of hydrogen-bond donors (Lipinski definition) is 1. The number of ether oxygens (including phenoxy) is 2. The quantitative estimate of drug-likeness (QED) is 0.262. The highest BCUT2D eigenvalue weighted by Crippen LogP contribution is 2.10. The van der Waals surface area contributed by atoms with Gasteiger partial charge in [0.05, 0.1) is 45.2 Å². The summed E-state index contributed by atoms with van der Waals surface area (Å²) < 4.78 is 42.3. The fourth-order valence-corrected chi connectivity index (χ4v) is 3.10. The molecule has 0 spiro atoms. The van der Waals surface area contributed by atoms with Crippen LogP contribution in [0.3, 0.4) is 0 Å². The average Bonchev–Trinajstić information content (AvgIpc) is 2.51. The van der Waals surface area contributed by atoms with Crippen LogP contribution in [0.2, 0.25) is 0 Å². The smallest absolute Gasteiger partial charge is 0.264 e. The average molecular weight is 355 g/mol. The first-order valence-electron chi connectivity index (χ1n) is 8.85. The minimum atomic E-state index is -3.83. The molecule has 0 bridgehead atoms. The van der Waals surface area contributed by atoms with Crippen molar-refractivity contribution in [3.05, 3.63) is 0 Å². The summed E-state index contributed by atoms with van der Waals surface area (Å²) in [6.45, 7) is 13.1. The van der Waals surface area contributed by atoms with Crippen molar-refractivity contribution in [3.63, 3.8) is 0 Å². The molecule has 0 aliphatic rings. The van der Waals surface area contributed by atoms with Gasteiger partial charge in [-0.3, -0.25) is 4.55 Å². The van der Waals surface area contributed by atoms with E-state index in [1.54, 1.807) is 0 Å². The second kappa shape index (κ2) is 13.1. The van der Waals surface area contributed by atoms with Crippen LogP contribution in [-0.4, -0.2) is 75.8 Å². The Kier molecular flexibility index (Phi) is 13.0. The fraction of sp³-hybridized carbons (Fsp3) is 1.00. The Balaban J connectivity index is 3.90. The van der Waals surface area contributed by atoms with Gasteiger partial charge in [0.1, 0.15) is 6.54 Å². The Labute approximate surface area is 142 Å². The van der Waals surface area contributed by atoms with Crippen molar-refractivity contribution in [2.24, 2.45) is 0 Å². The third kappa shape index (κ3) is 12.8. The van der Waals surface area contributed by atoms with E-state index in [2.05, 4.69) is 20.8 Å². The van der Waals surface area contributed by atoms with Crippen LogP contribution >= 0.6 is 0 Å². The summed E-state index contributed by atoms with van der Waals surface area (Å²) in [5.41, 5.74) is 0. The molecule has 0 rings (SSSR count). The summed E-state index contributed by atoms with van der Waals surface area (Å²) in [5.74, 6) is -0.147. The topological polar surface area (TPSA) is 72.8 Å². The first-order chi connectivity index (χ1) is 10.9. The molecule has 0 saturated carbocycles. The minimum Gasteiger partial charge on any atom is -0.379 e. The molecule has 0 atom stereocenters. The van der Waals surface area contributed by atoms with Crippen LogP contribution in [-0.2, 0) is 19.6 Å². The second-order valence-electron chi connectivity index (χ2n) is 5.99. The van der Waals surface area contributed by atoms with E-state index in [1.165, 1.54) is 0 Å². The van der Waals surface area contributed by atoms with Crippen LogP contribution in [0.5, 0.6) is 0 Å². The Bertz CT molecular complexity index is 369. The van der Waals surface area contributed by atoms with Crippen LogP contribution in [0.25, 0.3) is 0 Å². The number of rotatable bonds is 16. The Morgan fingerprint density at radius 1 is 0.826 bits per heavy atom. The number of likely N-dealkylation sites (N-methyl/N-ethyl adjacent to an activating group) is 1. The van der Waals surface area contributed by atoms with E-state index in [0.29, 0.717) is 26.2 Å². The van der Waals surface area contributed by atoms with E-state index >= 15 is 0 Å². The molecule has 0 aromatic rings. The molecule has 6 nitrogen and oxygen atoms in total. The lowest BCUT2D eigenvalue weighted by Crippen LogP contribution is -2.50. The predicted molar refractivity (Wildman–Crippen MR) is 93.3 cm³/mol. The molecule has 0 aliphatic carbocycles. The molecule has 0 aromatic carbocycles. The first-order valence-corrected chi connectivity index (χ1v) is 10.5. The zero-order valence-electron chi connectivity index (χ0n) is 15.1. The lowest BCUT2D eigenvalue weighted by molar-refractivity contribution is -0.925. The zero-order chi connectivity index (χ0) is 17.6. The fourth-order valence-electron chi connectivity index (χ4n) is 2.53. The van der Waals surface area contributed by atoms with Gasteiger partial charge >= 0.3 is 0 Å². The molecule has 0 aliphatic heterocycles. The van der Waals surface area contributed by atoms with Crippen LogP contribution < -0.4 is 0 Å². The van der Waals surface area contributed by atoms with Gasteiger partial charge < -0.3 is 14.0 Å². The Morgan fingerprint density at radius 3 is 1.96 bits per heavy atom. The predicted octanol–water partition coefficient (Wildman–Crippen LogP) is 2.34. The van der Waals surface area contributed by atoms with Crippen LogP contribution in [0.4, 0.5) is 0 Å². The van der Waals surface area contributed by atoms with Gasteiger partial charge in [-0.15, -0.1) is 0 Å². The van der Waals surface area contributed by atoms with Gasteiger partial charge in [0.2, 0.25) is 0 Å². The van der Waals surface area contributed by atoms with Crippen molar-refractivity contribution in [1.82, 2.24) is 0 Å². The van der Waals surface area contributed by atoms with E-state index in [9.17, 15) is 8.42 Å². The number of quaternary nitrogens is 1. The molecular weight excluding hydrogens is 318 g/mol.